The van der Waals surface area contributed by atoms with Crippen LogP contribution in [0, 0.1) is 0 Å². The highest BCUT2D eigenvalue weighted by Gasteiger charge is 2.30. The van der Waals surface area contributed by atoms with Gasteiger partial charge in [0.2, 0.25) is 0 Å². The molecule has 0 radical (unpaired) electrons. The summed E-state index contributed by atoms with van der Waals surface area (Å²) in [6.45, 7) is 3.16. The summed E-state index contributed by atoms with van der Waals surface area (Å²) in [4.78, 5) is 12.1. The number of fused-ring (bicyclic) bond motifs is 1. The van der Waals surface area contributed by atoms with Crippen molar-refractivity contribution in [3.8, 4) is 5.75 Å². The van der Waals surface area contributed by atoms with E-state index in [0.29, 0.717) is 30.6 Å². The van der Waals surface area contributed by atoms with Gasteiger partial charge in [-0.25, -0.2) is 0 Å². The van der Waals surface area contributed by atoms with Gasteiger partial charge in [-0.3, -0.25) is 4.79 Å². The Morgan fingerprint density at radius 1 is 1.38 bits per heavy atom. The largest absolute Gasteiger partial charge is 0.491 e. The normalized spacial score (nSPS) is 26.5. The van der Waals surface area contributed by atoms with Gasteiger partial charge in [0.05, 0.1) is 30.4 Å². The predicted molar refractivity (Wildman–Crippen MR) is 79.6 cm³/mol. The molecule has 1 amide bonds. The molecule has 5 nitrogen and oxygen atoms in total. The molecule has 5 heteroatoms. The average molecular weight is 290 g/mol. The van der Waals surface area contributed by atoms with Crippen LogP contribution in [-0.4, -0.2) is 38.3 Å². The van der Waals surface area contributed by atoms with Crippen LogP contribution in [0.3, 0.4) is 0 Å². The number of nitrogens with one attached hydrogen (secondary N) is 2. The lowest BCUT2D eigenvalue weighted by atomic mass is 9.97. The van der Waals surface area contributed by atoms with Crippen LogP contribution < -0.4 is 15.4 Å². The van der Waals surface area contributed by atoms with Crippen molar-refractivity contribution in [1.29, 1.82) is 0 Å². The summed E-state index contributed by atoms with van der Waals surface area (Å²) >= 11 is 0. The topological polar surface area (TPSA) is 59.6 Å². The van der Waals surface area contributed by atoms with E-state index in [1.54, 1.807) is 0 Å². The maximum Gasteiger partial charge on any atom is 0.255 e. The number of hydrogen-bond acceptors (Lipinski definition) is 4. The fraction of sp³-hybridized carbons (Fsp3) is 0.562. The van der Waals surface area contributed by atoms with Crippen molar-refractivity contribution in [2.75, 3.05) is 20.2 Å². The van der Waals surface area contributed by atoms with Gasteiger partial charge in [-0.15, -0.1) is 0 Å². The first-order valence-electron chi connectivity index (χ1n) is 7.56. The van der Waals surface area contributed by atoms with E-state index in [-0.39, 0.29) is 18.1 Å². The van der Waals surface area contributed by atoms with Gasteiger partial charge in [0, 0.05) is 0 Å². The van der Waals surface area contributed by atoms with Crippen LogP contribution in [0.5, 0.6) is 5.75 Å². The fourth-order valence-electron chi connectivity index (χ4n) is 3.11. The molecular formula is C16H22N2O3. The quantitative estimate of drug-likeness (QED) is 0.888. The number of carbonyl (C=O) groups is 1. The van der Waals surface area contributed by atoms with Gasteiger partial charge in [-0.2, -0.15) is 0 Å². The molecule has 0 aliphatic carbocycles. The van der Waals surface area contributed by atoms with E-state index in [9.17, 15) is 4.79 Å². The van der Waals surface area contributed by atoms with E-state index in [4.69, 9.17) is 9.47 Å². The molecule has 2 heterocycles. The van der Waals surface area contributed by atoms with Crippen molar-refractivity contribution in [3.63, 3.8) is 0 Å². The minimum absolute atomic E-state index is 0.0695. The molecule has 1 fully saturated rings. The van der Waals surface area contributed by atoms with Crippen molar-refractivity contribution in [2.45, 2.75) is 38.0 Å². The zero-order valence-electron chi connectivity index (χ0n) is 12.5. The molecule has 3 rings (SSSR count). The molecule has 0 saturated carbocycles. The van der Waals surface area contributed by atoms with Gasteiger partial charge < -0.3 is 20.1 Å². The molecular weight excluding hydrogens is 268 g/mol. The molecule has 3 atom stereocenters. The SMILES string of the molecule is CNC(c1ccc2c(c1)C(=O)NCCO2)C1CCC(C)O1. The lowest BCUT2D eigenvalue weighted by Gasteiger charge is -2.24. The molecule has 2 aliphatic heterocycles. The van der Waals surface area contributed by atoms with Crippen LogP contribution >= 0.6 is 0 Å². The van der Waals surface area contributed by atoms with E-state index >= 15 is 0 Å². The number of benzene rings is 1. The van der Waals surface area contributed by atoms with Crippen LogP contribution in [0.1, 0.15) is 41.7 Å². The zero-order chi connectivity index (χ0) is 14.8. The number of rotatable bonds is 3. The van der Waals surface area contributed by atoms with E-state index < -0.39 is 0 Å². The van der Waals surface area contributed by atoms with Gasteiger partial charge in [0.1, 0.15) is 12.4 Å². The third-order valence-corrected chi connectivity index (χ3v) is 4.20. The van der Waals surface area contributed by atoms with Gasteiger partial charge in [-0.05, 0) is 44.5 Å². The maximum absolute atomic E-state index is 12.1. The Morgan fingerprint density at radius 2 is 2.24 bits per heavy atom. The van der Waals surface area contributed by atoms with Crippen LogP contribution in [-0.2, 0) is 4.74 Å². The fourth-order valence-corrected chi connectivity index (χ4v) is 3.11. The Kier molecular flexibility index (Phi) is 4.12. The first kappa shape index (κ1) is 14.4. The Bertz CT molecular complexity index is 532. The molecule has 21 heavy (non-hydrogen) atoms. The van der Waals surface area contributed by atoms with E-state index in [1.807, 2.05) is 25.2 Å². The standard InChI is InChI=1S/C16H22N2O3/c1-10-3-5-14(21-10)15(17-2)11-4-6-13-12(9-11)16(19)18-7-8-20-13/h4,6,9-10,14-15,17H,3,5,7-8H2,1-2H3,(H,18,19). The molecule has 1 aromatic carbocycles. The van der Waals surface area contributed by atoms with Crippen molar-refractivity contribution in [3.05, 3.63) is 29.3 Å². The van der Waals surface area contributed by atoms with Gasteiger partial charge in [-0.1, -0.05) is 6.07 Å². The van der Waals surface area contributed by atoms with Crippen LogP contribution in [0.15, 0.2) is 18.2 Å². The third kappa shape index (κ3) is 2.89. The molecule has 1 saturated heterocycles. The molecule has 2 N–H and O–H groups in total. The highest BCUT2D eigenvalue weighted by molar-refractivity contribution is 5.97. The molecule has 0 spiro atoms. The van der Waals surface area contributed by atoms with Crippen LogP contribution in [0.4, 0.5) is 0 Å². The number of hydrogen-bond donors (Lipinski definition) is 2. The smallest absolute Gasteiger partial charge is 0.255 e. The first-order valence-corrected chi connectivity index (χ1v) is 7.56. The number of carbonyl (C=O) groups excluding carboxylic acids is 1. The molecule has 0 bridgehead atoms. The Hall–Kier alpha value is -1.59. The predicted octanol–water partition coefficient (Wildman–Crippen LogP) is 1.64. The lowest BCUT2D eigenvalue weighted by Crippen LogP contribution is -2.30. The second-order valence-corrected chi connectivity index (χ2v) is 5.69. The molecule has 3 unspecified atom stereocenters. The summed E-state index contributed by atoms with van der Waals surface area (Å²) < 4.78 is 11.6. The highest BCUT2D eigenvalue weighted by atomic mass is 16.5. The van der Waals surface area contributed by atoms with Crippen LogP contribution in [0.25, 0.3) is 0 Å². The molecule has 2 aliphatic rings. The molecule has 114 valence electrons. The zero-order valence-corrected chi connectivity index (χ0v) is 12.5. The first-order chi connectivity index (χ1) is 10.2. The van der Waals surface area contributed by atoms with Gasteiger partial charge in [0.15, 0.2) is 0 Å². The Balaban J connectivity index is 1.89. The Labute approximate surface area is 125 Å². The second kappa shape index (κ2) is 6.03. The third-order valence-electron chi connectivity index (χ3n) is 4.20. The van der Waals surface area contributed by atoms with Crippen LogP contribution in [0.2, 0.25) is 0 Å². The second-order valence-electron chi connectivity index (χ2n) is 5.69. The van der Waals surface area contributed by atoms with Gasteiger partial charge in [0.25, 0.3) is 5.91 Å². The Morgan fingerprint density at radius 3 is 2.95 bits per heavy atom. The average Bonchev–Trinajstić information content (AvgIpc) is 2.82. The van der Waals surface area contributed by atoms with E-state index in [2.05, 4.69) is 17.6 Å². The van der Waals surface area contributed by atoms with E-state index in [1.165, 1.54) is 0 Å². The number of likely N-dealkylation sites (N-methyl/N-ethyl adjacent to an activating group) is 1. The van der Waals surface area contributed by atoms with Crippen molar-refractivity contribution in [2.24, 2.45) is 0 Å². The molecule has 0 aromatic heterocycles. The summed E-state index contributed by atoms with van der Waals surface area (Å²) in [5, 5.41) is 6.17. The number of ether oxygens (including phenoxy) is 2. The summed E-state index contributed by atoms with van der Waals surface area (Å²) in [5.41, 5.74) is 1.67. The highest BCUT2D eigenvalue weighted by Crippen LogP contribution is 2.32. The summed E-state index contributed by atoms with van der Waals surface area (Å²) in [5.74, 6) is 0.587. The lowest BCUT2D eigenvalue weighted by molar-refractivity contribution is 0.0333. The number of amides is 1. The summed E-state index contributed by atoms with van der Waals surface area (Å²) in [6, 6.07) is 5.92. The van der Waals surface area contributed by atoms with Crippen molar-refractivity contribution >= 4 is 5.91 Å². The van der Waals surface area contributed by atoms with Gasteiger partial charge >= 0.3 is 0 Å². The summed E-state index contributed by atoms with van der Waals surface area (Å²) in [6.07, 6.45) is 2.57. The van der Waals surface area contributed by atoms with Crippen molar-refractivity contribution in [1.82, 2.24) is 10.6 Å². The monoisotopic (exact) mass is 290 g/mol. The minimum Gasteiger partial charge on any atom is -0.491 e. The summed E-state index contributed by atoms with van der Waals surface area (Å²) in [7, 11) is 1.93. The molecule has 1 aromatic rings. The minimum atomic E-state index is -0.0695. The van der Waals surface area contributed by atoms with Crippen molar-refractivity contribution < 1.29 is 14.3 Å². The maximum atomic E-state index is 12.1. The van der Waals surface area contributed by atoms with E-state index in [0.717, 1.165) is 18.4 Å².